The lowest BCUT2D eigenvalue weighted by Gasteiger charge is -2.08. The second-order valence-corrected chi connectivity index (χ2v) is 6.43. The highest BCUT2D eigenvalue weighted by molar-refractivity contribution is 6.32. The number of rotatable bonds is 4. The van der Waals surface area contributed by atoms with Crippen LogP contribution in [-0.2, 0) is 4.79 Å². The third-order valence-corrected chi connectivity index (χ3v) is 4.33. The molecular formula is C19H18ClN5O2. The first-order chi connectivity index (χ1) is 12.8. The number of hydrogen-bond donors (Lipinski definition) is 2. The van der Waals surface area contributed by atoms with Crippen molar-refractivity contribution in [2.75, 3.05) is 5.32 Å². The van der Waals surface area contributed by atoms with Crippen LogP contribution in [0.2, 0.25) is 5.02 Å². The Kier molecular flexibility index (Phi) is 5.23. The minimum atomic E-state index is -0.359. The number of carbonyl (C=O) groups is 1. The average Bonchev–Trinajstić information content (AvgIpc) is 2.98. The summed E-state index contributed by atoms with van der Waals surface area (Å²) >= 11 is 6.08. The largest absolute Gasteiger partial charge is 0.307 e. The summed E-state index contributed by atoms with van der Waals surface area (Å²) in [7, 11) is 0. The molecule has 0 aliphatic heterocycles. The monoisotopic (exact) mass is 383 g/mol. The zero-order chi connectivity index (χ0) is 19.6. The molecule has 27 heavy (non-hydrogen) atoms. The fraction of sp³-hybridized carbons (Fsp3) is 0.158. The maximum absolute atomic E-state index is 12.3. The van der Waals surface area contributed by atoms with E-state index in [0.29, 0.717) is 27.8 Å². The zero-order valence-electron chi connectivity index (χ0n) is 15.1. The molecule has 3 aromatic rings. The Morgan fingerprint density at radius 2 is 2.00 bits per heavy atom. The molecule has 0 saturated carbocycles. The summed E-state index contributed by atoms with van der Waals surface area (Å²) in [5.41, 5.74) is 2.29. The Morgan fingerprint density at radius 3 is 2.70 bits per heavy atom. The van der Waals surface area contributed by atoms with Gasteiger partial charge < -0.3 is 5.32 Å². The highest BCUT2D eigenvalue weighted by Gasteiger charge is 2.13. The third-order valence-electron chi connectivity index (χ3n) is 3.99. The zero-order valence-corrected chi connectivity index (χ0v) is 15.8. The number of aryl methyl sites for hydroxylation is 2. The van der Waals surface area contributed by atoms with E-state index in [1.807, 2.05) is 18.2 Å². The third kappa shape index (κ3) is 4.15. The quantitative estimate of drug-likeness (QED) is 0.676. The van der Waals surface area contributed by atoms with Crippen molar-refractivity contribution < 1.29 is 4.79 Å². The lowest BCUT2D eigenvalue weighted by molar-refractivity contribution is -0.111. The molecule has 1 amide bonds. The summed E-state index contributed by atoms with van der Waals surface area (Å²) in [5.74, 6) is 0.275. The average molecular weight is 384 g/mol. The molecule has 0 bridgehead atoms. The molecule has 7 nitrogen and oxygen atoms in total. The van der Waals surface area contributed by atoms with Gasteiger partial charge in [-0.15, -0.1) is 0 Å². The van der Waals surface area contributed by atoms with Crippen molar-refractivity contribution in [3.8, 4) is 5.95 Å². The Labute approximate surface area is 160 Å². The number of carbonyl (C=O) groups excluding carboxylic acids is 1. The van der Waals surface area contributed by atoms with Gasteiger partial charge in [0.1, 0.15) is 5.82 Å². The number of nitrogens with zero attached hydrogens (tertiary/aromatic N) is 3. The van der Waals surface area contributed by atoms with Gasteiger partial charge in [-0.3, -0.25) is 14.6 Å². The van der Waals surface area contributed by atoms with Crippen molar-refractivity contribution in [2.45, 2.75) is 20.8 Å². The van der Waals surface area contributed by atoms with E-state index in [1.165, 1.54) is 10.8 Å². The Hall–Kier alpha value is -3.19. The molecule has 0 atom stereocenters. The van der Waals surface area contributed by atoms with E-state index in [-0.39, 0.29) is 17.4 Å². The molecule has 2 aromatic heterocycles. The number of amides is 1. The first kappa shape index (κ1) is 18.6. The normalized spacial score (nSPS) is 11.1. The minimum absolute atomic E-state index is 0.238. The summed E-state index contributed by atoms with van der Waals surface area (Å²) in [4.78, 5) is 31.3. The maximum atomic E-state index is 12.3. The number of hydrogen-bond acceptors (Lipinski definition) is 4. The van der Waals surface area contributed by atoms with E-state index in [2.05, 4.69) is 20.4 Å². The van der Waals surface area contributed by atoms with Crippen LogP contribution in [0.25, 0.3) is 12.0 Å². The number of anilines is 1. The molecule has 0 aliphatic rings. The topological polar surface area (TPSA) is 92.7 Å². The van der Waals surface area contributed by atoms with Gasteiger partial charge >= 0.3 is 0 Å². The lowest BCUT2D eigenvalue weighted by Crippen LogP contribution is -2.20. The predicted molar refractivity (Wildman–Crippen MR) is 105 cm³/mol. The molecule has 0 aliphatic carbocycles. The van der Waals surface area contributed by atoms with Crippen molar-refractivity contribution >= 4 is 29.4 Å². The van der Waals surface area contributed by atoms with Crippen molar-refractivity contribution in [3.63, 3.8) is 0 Å². The van der Waals surface area contributed by atoms with Crippen LogP contribution < -0.4 is 10.9 Å². The number of aromatic amines is 1. The smallest absolute Gasteiger partial charge is 0.255 e. The summed E-state index contributed by atoms with van der Waals surface area (Å²) < 4.78 is 1.39. The van der Waals surface area contributed by atoms with Crippen LogP contribution in [0.1, 0.15) is 22.5 Å². The molecule has 1 aromatic carbocycles. The number of nitrogens with one attached hydrogen (secondary N) is 2. The highest BCUT2D eigenvalue weighted by Crippen LogP contribution is 2.17. The summed E-state index contributed by atoms with van der Waals surface area (Å²) in [5, 5.41) is 7.60. The van der Waals surface area contributed by atoms with E-state index < -0.39 is 0 Å². The van der Waals surface area contributed by atoms with Crippen LogP contribution in [0.4, 0.5) is 5.82 Å². The van der Waals surface area contributed by atoms with E-state index in [4.69, 9.17) is 11.6 Å². The molecule has 0 spiro atoms. The van der Waals surface area contributed by atoms with Crippen LogP contribution in [0.5, 0.6) is 0 Å². The van der Waals surface area contributed by atoms with Gasteiger partial charge in [0.15, 0.2) is 0 Å². The number of aromatic nitrogens is 4. The van der Waals surface area contributed by atoms with Crippen LogP contribution >= 0.6 is 11.6 Å². The minimum Gasteiger partial charge on any atom is -0.307 e. The number of H-pyrrole nitrogens is 1. The number of benzene rings is 1. The molecule has 138 valence electrons. The SMILES string of the molecule is Cc1cc(NC(=O)/C=C/c2ccccc2Cl)n(-c2nc(C)c(C)c(=O)[nH]2)n1. The molecular weight excluding hydrogens is 366 g/mol. The molecule has 8 heteroatoms. The van der Waals surface area contributed by atoms with Crippen LogP contribution in [0.3, 0.4) is 0 Å². The summed E-state index contributed by atoms with van der Waals surface area (Å²) in [6, 6.07) is 8.90. The molecule has 2 N–H and O–H groups in total. The Bertz CT molecular complexity index is 1100. The first-order valence-corrected chi connectivity index (χ1v) is 8.61. The van der Waals surface area contributed by atoms with Gasteiger partial charge in [0.25, 0.3) is 5.56 Å². The summed E-state index contributed by atoms with van der Waals surface area (Å²) in [6.07, 6.45) is 3.01. The van der Waals surface area contributed by atoms with Gasteiger partial charge in [-0.2, -0.15) is 9.78 Å². The second kappa shape index (κ2) is 7.59. The van der Waals surface area contributed by atoms with Crippen molar-refractivity contribution in [1.82, 2.24) is 19.7 Å². The van der Waals surface area contributed by atoms with E-state index in [9.17, 15) is 9.59 Å². The van der Waals surface area contributed by atoms with Gasteiger partial charge in [-0.05, 0) is 38.5 Å². The van der Waals surface area contributed by atoms with Gasteiger partial charge in [0.05, 0.1) is 5.69 Å². The fourth-order valence-corrected chi connectivity index (χ4v) is 2.62. The van der Waals surface area contributed by atoms with Crippen LogP contribution in [0, 0.1) is 20.8 Å². The highest BCUT2D eigenvalue weighted by atomic mass is 35.5. The fourth-order valence-electron chi connectivity index (χ4n) is 2.42. The van der Waals surface area contributed by atoms with Crippen LogP contribution in [0.15, 0.2) is 41.2 Å². The van der Waals surface area contributed by atoms with E-state index in [0.717, 1.165) is 5.56 Å². The number of halogens is 1. The maximum Gasteiger partial charge on any atom is 0.255 e. The van der Waals surface area contributed by atoms with Gasteiger partial charge in [0, 0.05) is 28.4 Å². The Morgan fingerprint density at radius 1 is 1.26 bits per heavy atom. The predicted octanol–water partition coefficient (Wildman–Crippen LogP) is 3.19. The molecule has 0 unspecified atom stereocenters. The lowest BCUT2D eigenvalue weighted by atomic mass is 10.2. The molecule has 3 rings (SSSR count). The first-order valence-electron chi connectivity index (χ1n) is 8.23. The summed E-state index contributed by atoms with van der Waals surface area (Å²) in [6.45, 7) is 5.22. The van der Waals surface area contributed by atoms with Gasteiger partial charge in [-0.25, -0.2) is 4.98 Å². The van der Waals surface area contributed by atoms with E-state index in [1.54, 1.807) is 39.0 Å². The van der Waals surface area contributed by atoms with Gasteiger partial charge in [-0.1, -0.05) is 29.8 Å². The van der Waals surface area contributed by atoms with E-state index >= 15 is 0 Å². The second-order valence-electron chi connectivity index (χ2n) is 6.03. The van der Waals surface area contributed by atoms with Crippen LogP contribution in [-0.4, -0.2) is 25.7 Å². The Balaban J connectivity index is 1.87. The van der Waals surface area contributed by atoms with Crippen molar-refractivity contribution in [3.05, 3.63) is 74.3 Å². The van der Waals surface area contributed by atoms with Gasteiger partial charge in [0.2, 0.25) is 11.9 Å². The molecule has 0 fully saturated rings. The molecule has 0 radical (unpaired) electrons. The van der Waals surface area contributed by atoms with Crippen molar-refractivity contribution in [1.29, 1.82) is 0 Å². The molecule has 0 saturated heterocycles. The molecule has 2 heterocycles. The standard InChI is InChI=1S/C19H18ClN5O2/c1-11-10-16(22-17(26)9-8-14-6-4-5-7-15(14)20)25(24-11)19-21-13(3)12(2)18(27)23-19/h4-10H,1-3H3,(H,22,26)(H,21,23,27)/b9-8+. The van der Waals surface area contributed by atoms with Crippen molar-refractivity contribution in [2.24, 2.45) is 0 Å².